The molecule has 3 aromatic rings. The molecule has 0 saturated heterocycles. The van der Waals surface area contributed by atoms with E-state index in [4.69, 9.17) is 0 Å². The fourth-order valence-corrected chi connectivity index (χ4v) is 3.98. The average molecular weight is 379 g/mol. The number of aryl methyl sites for hydroxylation is 3. The van der Waals surface area contributed by atoms with E-state index in [0.29, 0.717) is 39.4 Å². The highest BCUT2D eigenvalue weighted by Crippen LogP contribution is 2.18. The van der Waals surface area contributed by atoms with E-state index in [2.05, 4.69) is 6.58 Å². The molecule has 4 heteroatoms. The van der Waals surface area contributed by atoms with Gasteiger partial charge < -0.3 is 0 Å². The summed E-state index contributed by atoms with van der Waals surface area (Å²) in [6, 6.07) is 15.1. The van der Waals surface area contributed by atoms with Crippen LogP contribution in [0.25, 0.3) is 0 Å². The van der Waals surface area contributed by atoms with Gasteiger partial charge >= 0.3 is 0 Å². The third-order valence-corrected chi connectivity index (χ3v) is 5.81. The van der Waals surface area contributed by atoms with Crippen molar-refractivity contribution in [1.29, 1.82) is 0 Å². The maximum Gasteiger partial charge on any atom is 0.123 e. The smallest absolute Gasteiger partial charge is 0.123 e. The van der Waals surface area contributed by atoms with Crippen LogP contribution in [0.15, 0.2) is 67.3 Å². The predicted molar refractivity (Wildman–Crippen MR) is 113 cm³/mol. The van der Waals surface area contributed by atoms with Gasteiger partial charge in [-0.3, -0.25) is 0 Å². The number of rotatable bonds is 5. The highest BCUT2D eigenvalue weighted by atomic mass is 19.1. The predicted octanol–water partition coefficient (Wildman–Crippen LogP) is 4.69. The van der Waals surface area contributed by atoms with Gasteiger partial charge in [0.15, 0.2) is 0 Å². The van der Waals surface area contributed by atoms with Crippen LogP contribution in [0.2, 0.25) is 6.32 Å². The summed E-state index contributed by atoms with van der Waals surface area (Å²) in [5, 5.41) is 0. The molecule has 0 aliphatic heterocycles. The van der Waals surface area contributed by atoms with Gasteiger partial charge in [-0.15, -0.1) is 19.0 Å². The first-order valence-electron chi connectivity index (χ1n) is 9.37. The Balaban J connectivity index is 2.40. The lowest BCUT2D eigenvalue weighted by Gasteiger charge is -2.42. The molecule has 28 heavy (non-hydrogen) atoms. The van der Waals surface area contributed by atoms with Crippen LogP contribution in [0.4, 0.5) is 13.2 Å². The van der Waals surface area contributed by atoms with Crippen molar-refractivity contribution < 1.29 is 13.2 Å². The largest absolute Gasteiger partial charge is 0.207 e. The minimum absolute atomic E-state index is 0.340. The van der Waals surface area contributed by atoms with Crippen LogP contribution in [0.5, 0.6) is 0 Å². The monoisotopic (exact) mass is 379 g/mol. The Hall–Kier alpha value is -2.75. The summed E-state index contributed by atoms with van der Waals surface area (Å²) in [5.74, 6) is -1.02. The first-order valence-corrected chi connectivity index (χ1v) is 9.37. The van der Waals surface area contributed by atoms with Crippen LogP contribution in [0, 0.1) is 38.2 Å². The molecule has 0 nitrogen and oxygen atoms in total. The molecule has 0 spiro atoms. The molecule has 0 aromatic heterocycles. The molecule has 0 atom stereocenters. The van der Waals surface area contributed by atoms with Crippen LogP contribution in [0.1, 0.15) is 16.7 Å². The van der Waals surface area contributed by atoms with Crippen molar-refractivity contribution in [2.45, 2.75) is 27.1 Å². The molecule has 0 unspecified atom stereocenters. The zero-order chi connectivity index (χ0) is 20.5. The van der Waals surface area contributed by atoms with Crippen molar-refractivity contribution in [3.63, 3.8) is 0 Å². The molecule has 0 radical (unpaired) electrons. The third-order valence-electron chi connectivity index (χ3n) is 5.81. The van der Waals surface area contributed by atoms with E-state index in [1.807, 2.05) is 18.2 Å². The van der Waals surface area contributed by atoms with Gasteiger partial charge in [0, 0.05) is 0 Å². The SMILES string of the molecule is C=CC[B-](c1ccc(C)c(F)c1)(c1ccc(C)c(F)c1)c1ccc(C)c(F)c1. The lowest BCUT2D eigenvalue weighted by Crippen LogP contribution is -2.67. The molecule has 0 saturated carbocycles. The van der Waals surface area contributed by atoms with Crippen LogP contribution in [-0.4, -0.2) is 6.15 Å². The van der Waals surface area contributed by atoms with Crippen LogP contribution in [-0.2, 0) is 0 Å². The summed E-state index contributed by atoms with van der Waals surface area (Å²) in [4.78, 5) is 0. The molecule has 0 aliphatic carbocycles. The Morgan fingerprint density at radius 1 is 0.679 bits per heavy atom. The summed E-state index contributed by atoms with van der Waals surface area (Å²) in [6.07, 6.45) is 0.310. The van der Waals surface area contributed by atoms with Gasteiger partial charge in [-0.1, -0.05) is 54.6 Å². The van der Waals surface area contributed by atoms with Gasteiger partial charge in [-0.05, 0) is 37.5 Å². The normalized spacial score (nSPS) is 11.5. The molecule has 3 rings (SSSR count). The molecular formula is C24H23BF3-. The van der Waals surface area contributed by atoms with E-state index < -0.39 is 6.15 Å². The van der Waals surface area contributed by atoms with Gasteiger partial charge in [-0.2, -0.15) is 16.4 Å². The Bertz CT molecular complexity index is 915. The van der Waals surface area contributed by atoms with E-state index in [1.165, 1.54) is 18.2 Å². The zero-order valence-electron chi connectivity index (χ0n) is 16.4. The van der Waals surface area contributed by atoms with E-state index >= 15 is 0 Å². The Labute approximate surface area is 164 Å². The lowest BCUT2D eigenvalue weighted by molar-refractivity contribution is 0.619. The number of benzene rings is 3. The van der Waals surface area contributed by atoms with Crippen molar-refractivity contribution >= 4 is 22.5 Å². The molecule has 0 bridgehead atoms. The first-order chi connectivity index (χ1) is 13.3. The fraction of sp³-hybridized carbons (Fsp3) is 0.167. The number of hydrogen-bond acceptors (Lipinski definition) is 0. The summed E-state index contributed by atoms with van der Waals surface area (Å²) in [5.41, 5.74) is 3.64. The molecule has 144 valence electrons. The molecule has 3 aromatic carbocycles. The average Bonchev–Trinajstić information content (AvgIpc) is 2.67. The fourth-order valence-electron chi connectivity index (χ4n) is 3.98. The van der Waals surface area contributed by atoms with Gasteiger partial charge in [0.05, 0.1) is 6.15 Å². The maximum atomic E-state index is 14.5. The Kier molecular flexibility index (Phi) is 5.51. The van der Waals surface area contributed by atoms with E-state index in [-0.39, 0.29) is 17.5 Å². The molecule has 0 amide bonds. The second-order valence-electron chi connectivity index (χ2n) is 7.60. The minimum atomic E-state index is -1.84. The van der Waals surface area contributed by atoms with Crippen LogP contribution >= 0.6 is 0 Å². The molecule has 0 heterocycles. The molecular weight excluding hydrogens is 356 g/mol. The van der Waals surface area contributed by atoms with Crippen molar-refractivity contribution in [2.75, 3.05) is 0 Å². The number of halogens is 3. The van der Waals surface area contributed by atoms with Crippen molar-refractivity contribution in [3.8, 4) is 0 Å². The minimum Gasteiger partial charge on any atom is -0.207 e. The Morgan fingerprint density at radius 2 is 1.00 bits per heavy atom. The quantitative estimate of drug-likeness (QED) is 0.446. The Morgan fingerprint density at radius 3 is 1.25 bits per heavy atom. The van der Waals surface area contributed by atoms with Crippen molar-refractivity contribution in [1.82, 2.24) is 0 Å². The molecule has 0 aliphatic rings. The highest BCUT2D eigenvalue weighted by molar-refractivity contribution is 7.11. The highest BCUT2D eigenvalue weighted by Gasteiger charge is 2.30. The maximum absolute atomic E-state index is 14.5. The van der Waals surface area contributed by atoms with Crippen LogP contribution < -0.4 is 16.4 Å². The van der Waals surface area contributed by atoms with E-state index in [0.717, 1.165) is 0 Å². The summed E-state index contributed by atoms with van der Waals surface area (Å²) < 4.78 is 43.5. The molecule has 0 N–H and O–H groups in total. The topological polar surface area (TPSA) is 0 Å². The summed E-state index contributed by atoms with van der Waals surface area (Å²) >= 11 is 0. The second-order valence-corrected chi connectivity index (χ2v) is 7.60. The number of hydrogen-bond donors (Lipinski definition) is 0. The number of allylic oxidation sites excluding steroid dienone is 1. The van der Waals surface area contributed by atoms with Gasteiger partial charge in [-0.25, -0.2) is 13.2 Å². The van der Waals surface area contributed by atoms with Gasteiger partial charge in [0.25, 0.3) is 0 Å². The zero-order valence-corrected chi connectivity index (χ0v) is 16.4. The van der Waals surface area contributed by atoms with E-state index in [1.54, 1.807) is 45.0 Å². The standard InChI is InChI=1S/C24H23BF3/c1-5-12-25(19-9-6-16(2)22(26)13-19,20-10-7-17(3)23(27)14-20)21-11-8-18(4)24(28)15-21/h5-11,13-15H,1,12H2,2-4H3/q-1. The second kappa shape index (κ2) is 7.71. The van der Waals surface area contributed by atoms with Gasteiger partial charge in [0.1, 0.15) is 17.5 Å². The molecule has 0 fully saturated rings. The van der Waals surface area contributed by atoms with Crippen molar-refractivity contribution in [2.24, 2.45) is 0 Å². The lowest BCUT2D eigenvalue weighted by atomic mass is 9.14. The third kappa shape index (κ3) is 3.39. The van der Waals surface area contributed by atoms with Crippen molar-refractivity contribution in [3.05, 3.63) is 101 Å². The van der Waals surface area contributed by atoms with Crippen LogP contribution in [0.3, 0.4) is 0 Å². The van der Waals surface area contributed by atoms with Gasteiger partial charge in [0.2, 0.25) is 0 Å². The first kappa shape index (κ1) is 20.0. The summed E-state index contributed by atoms with van der Waals surface area (Å²) in [7, 11) is 0. The van der Waals surface area contributed by atoms with E-state index in [9.17, 15) is 13.2 Å². The summed E-state index contributed by atoms with van der Waals surface area (Å²) in [6.45, 7) is 8.95.